The van der Waals surface area contributed by atoms with Gasteiger partial charge in [0.1, 0.15) is 30.0 Å². The van der Waals surface area contributed by atoms with Crippen molar-refractivity contribution in [3.05, 3.63) is 42.1 Å². The van der Waals surface area contributed by atoms with Crippen LogP contribution in [-0.4, -0.2) is 55.6 Å². The standard InChI is InChI=1S/C14H14N4O4S/c15-10-12(19)18-11(14(20)21)8(6-23-13(10)18)2-1-3-22-9-4-16-7-17-5-9/h1-2,4-5,7,10,13H,3,6,15H2,(H,20,21)/b2-1-/t10-,13-/m1/s1. The number of ether oxygens (including phenoxy) is 1. The second kappa shape index (κ2) is 6.39. The van der Waals surface area contributed by atoms with Gasteiger partial charge in [0.05, 0.1) is 12.4 Å². The second-order valence-corrected chi connectivity index (χ2v) is 6.01. The highest BCUT2D eigenvalue weighted by Crippen LogP contribution is 2.39. The number of carboxylic acids is 1. The summed E-state index contributed by atoms with van der Waals surface area (Å²) in [6.45, 7) is 0.241. The average Bonchev–Trinajstić information content (AvgIpc) is 2.58. The molecule has 1 aromatic heterocycles. The molecular weight excluding hydrogens is 320 g/mol. The summed E-state index contributed by atoms with van der Waals surface area (Å²) >= 11 is 1.46. The predicted octanol–water partition coefficient (Wildman–Crippen LogP) is -0.00730. The SMILES string of the molecule is N[C@@H]1C(=O)N2C(C(=O)O)=C(/C=C\COc3cncnc3)CS[C@H]12. The Hall–Kier alpha value is -2.39. The minimum Gasteiger partial charge on any atom is -0.486 e. The molecule has 23 heavy (non-hydrogen) atoms. The number of aliphatic carboxylic acids is 1. The zero-order chi connectivity index (χ0) is 16.4. The molecule has 0 unspecified atom stereocenters. The number of hydrogen-bond acceptors (Lipinski definition) is 7. The van der Waals surface area contributed by atoms with Gasteiger partial charge < -0.3 is 15.6 Å². The van der Waals surface area contributed by atoms with E-state index in [2.05, 4.69) is 9.97 Å². The van der Waals surface area contributed by atoms with E-state index < -0.39 is 12.0 Å². The summed E-state index contributed by atoms with van der Waals surface area (Å²) in [6.07, 6.45) is 7.81. The molecule has 1 aromatic rings. The molecule has 3 heterocycles. The highest BCUT2D eigenvalue weighted by molar-refractivity contribution is 8.00. The molecule has 1 saturated heterocycles. The molecule has 0 aliphatic carbocycles. The number of nitrogens with zero attached hydrogens (tertiary/aromatic N) is 3. The highest BCUT2D eigenvalue weighted by atomic mass is 32.2. The molecule has 0 aromatic carbocycles. The maximum Gasteiger partial charge on any atom is 0.352 e. The van der Waals surface area contributed by atoms with Crippen LogP contribution in [-0.2, 0) is 9.59 Å². The summed E-state index contributed by atoms with van der Waals surface area (Å²) in [5.41, 5.74) is 6.25. The maximum atomic E-state index is 11.8. The van der Waals surface area contributed by atoms with Gasteiger partial charge in [-0.15, -0.1) is 11.8 Å². The van der Waals surface area contributed by atoms with E-state index in [1.807, 2.05) is 0 Å². The molecule has 9 heteroatoms. The quantitative estimate of drug-likeness (QED) is 0.722. The fraction of sp³-hybridized carbons (Fsp3) is 0.286. The topological polar surface area (TPSA) is 119 Å². The number of β-lactam (4-membered cyclic amide) rings is 1. The van der Waals surface area contributed by atoms with E-state index in [0.29, 0.717) is 17.1 Å². The van der Waals surface area contributed by atoms with Crippen molar-refractivity contribution in [3.63, 3.8) is 0 Å². The third-order valence-electron chi connectivity index (χ3n) is 3.44. The van der Waals surface area contributed by atoms with Crippen molar-refractivity contribution in [2.75, 3.05) is 12.4 Å². The number of rotatable bonds is 5. The van der Waals surface area contributed by atoms with E-state index in [9.17, 15) is 14.7 Å². The lowest BCUT2D eigenvalue weighted by molar-refractivity contribution is -0.147. The molecule has 3 N–H and O–H groups in total. The molecule has 0 radical (unpaired) electrons. The van der Waals surface area contributed by atoms with Gasteiger partial charge in [0, 0.05) is 5.75 Å². The van der Waals surface area contributed by atoms with Gasteiger partial charge >= 0.3 is 5.97 Å². The zero-order valence-corrected chi connectivity index (χ0v) is 12.8. The van der Waals surface area contributed by atoms with Gasteiger partial charge in [-0.2, -0.15) is 0 Å². The van der Waals surface area contributed by atoms with Crippen LogP contribution in [0.15, 0.2) is 42.1 Å². The second-order valence-electron chi connectivity index (χ2n) is 4.90. The number of thioether (sulfide) groups is 1. The monoisotopic (exact) mass is 334 g/mol. The van der Waals surface area contributed by atoms with Crippen molar-refractivity contribution in [1.82, 2.24) is 14.9 Å². The lowest BCUT2D eigenvalue weighted by Gasteiger charge is -2.47. The largest absolute Gasteiger partial charge is 0.486 e. The number of amides is 1. The van der Waals surface area contributed by atoms with Crippen LogP contribution < -0.4 is 10.5 Å². The van der Waals surface area contributed by atoms with E-state index in [-0.39, 0.29) is 23.6 Å². The number of carbonyl (C=O) groups excluding carboxylic acids is 1. The van der Waals surface area contributed by atoms with Gasteiger partial charge in [-0.1, -0.05) is 6.08 Å². The first-order chi connectivity index (χ1) is 11.1. The van der Waals surface area contributed by atoms with Gasteiger partial charge in [-0.25, -0.2) is 14.8 Å². The van der Waals surface area contributed by atoms with Gasteiger partial charge in [0.2, 0.25) is 5.91 Å². The molecule has 0 saturated carbocycles. The average molecular weight is 334 g/mol. The molecule has 1 fully saturated rings. The summed E-state index contributed by atoms with van der Waals surface area (Å²) in [6, 6.07) is -0.624. The van der Waals surface area contributed by atoms with Crippen LogP contribution in [0.5, 0.6) is 5.75 Å². The highest BCUT2D eigenvalue weighted by Gasteiger charge is 2.51. The van der Waals surface area contributed by atoms with Crippen molar-refractivity contribution in [2.45, 2.75) is 11.4 Å². The van der Waals surface area contributed by atoms with E-state index in [1.165, 1.54) is 35.4 Å². The van der Waals surface area contributed by atoms with E-state index in [0.717, 1.165) is 0 Å². The Balaban J connectivity index is 1.71. The number of aromatic nitrogens is 2. The first-order valence-corrected chi connectivity index (χ1v) is 7.85. The molecule has 2 atom stereocenters. The first-order valence-electron chi connectivity index (χ1n) is 6.80. The number of hydrogen-bond donors (Lipinski definition) is 2. The Morgan fingerprint density at radius 2 is 2.26 bits per heavy atom. The van der Waals surface area contributed by atoms with Crippen LogP contribution in [0.1, 0.15) is 0 Å². The van der Waals surface area contributed by atoms with E-state index in [4.69, 9.17) is 10.5 Å². The number of carboxylic acid groups (broad SMARTS) is 1. The van der Waals surface area contributed by atoms with E-state index >= 15 is 0 Å². The van der Waals surface area contributed by atoms with Crippen LogP contribution >= 0.6 is 11.8 Å². The maximum absolute atomic E-state index is 11.8. The minimum absolute atomic E-state index is 0.000237. The van der Waals surface area contributed by atoms with E-state index in [1.54, 1.807) is 12.2 Å². The molecule has 2 aliphatic heterocycles. The third-order valence-corrected chi connectivity index (χ3v) is 4.77. The van der Waals surface area contributed by atoms with Gasteiger partial charge in [-0.05, 0) is 11.6 Å². The molecule has 2 aliphatic rings. The Labute approximate surface area is 136 Å². The third kappa shape index (κ3) is 2.92. The van der Waals surface area contributed by atoms with Gasteiger partial charge in [0.25, 0.3) is 0 Å². The summed E-state index contributed by atoms with van der Waals surface area (Å²) in [5, 5.41) is 9.10. The number of allylic oxidation sites excluding steroid dienone is 1. The number of fused-ring (bicyclic) bond motifs is 1. The summed E-state index contributed by atoms with van der Waals surface area (Å²) in [5.74, 6) is -0.489. The minimum atomic E-state index is -1.13. The fourth-order valence-corrected chi connectivity index (χ4v) is 3.63. The lowest BCUT2D eigenvalue weighted by atomic mass is 10.0. The summed E-state index contributed by atoms with van der Waals surface area (Å²) < 4.78 is 5.40. The number of carbonyl (C=O) groups is 2. The van der Waals surface area contributed by atoms with Crippen molar-refractivity contribution < 1.29 is 19.4 Å². The number of nitrogens with two attached hydrogens (primary N) is 1. The smallest absolute Gasteiger partial charge is 0.352 e. The first kappa shape index (κ1) is 15.5. The normalized spacial score (nSPS) is 23.7. The summed E-state index contributed by atoms with van der Waals surface area (Å²) in [4.78, 5) is 32.2. The van der Waals surface area contributed by atoms with Crippen LogP contribution in [0.4, 0.5) is 0 Å². The molecule has 8 nitrogen and oxygen atoms in total. The van der Waals surface area contributed by atoms with Gasteiger partial charge in [-0.3, -0.25) is 9.69 Å². The van der Waals surface area contributed by atoms with Gasteiger partial charge in [0.15, 0.2) is 5.75 Å². The Bertz CT molecular complexity index is 691. The zero-order valence-electron chi connectivity index (χ0n) is 12.0. The predicted molar refractivity (Wildman–Crippen MR) is 82.4 cm³/mol. The van der Waals surface area contributed by atoms with Crippen LogP contribution in [0.25, 0.3) is 0 Å². The van der Waals surface area contributed by atoms with Crippen molar-refractivity contribution >= 4 is 23.6 Å². The lowest BCUT2D eigenvalue weighted by Crippen LogP contribution is -2.68. The molecule has 1 amide bonds. The summed E-state index contributed by atoms with van der Waals surface area (Å²) in [7, 11) is 0. The molecule has 120 valence electrons. The Morgan fingerprint density at radius 1 is 1.52 bits per heavy atom. The fourth-order valence-electron chi connectivity index (χ4n) is 2.36. The molecule has 0 spiro atoms. The van der Waals surface area contributed by atoms with Crippen LogP contribution in [0.3, 0.4) is 0 Å². The Kier molecular flexibility index (Phi) is 4.30. The molecule has 3 rings (SSSR count). The molecule has 0 bridgehead atoms. The van der Waals surface area contributed by atoms with Crippen LogP contribution in [0, 0.1) is 0 Å². The van der Waals surface area contributed by atoms with Crippen LogP contribution in [0.2, 0.25) is 0 Å². The Morgan fingerprint density at radius 3 is 2.96 bits per heavy atom. The van der Waals surface area contributed by atoms with Crippen molar-refractivity contribution in [3.8, 4) is 5.75 Å². The van der Waals surface area contributed by atoms with Crippen molar-refractivity contribution in [2.24, 2.45) is 5.73 Å². The molecular formula is C14H14N4O4S. The van der Waals surface area contributed by atoms with Crippen molar-refractivity contribution in [1.29, 1.82) is 0 Å².